The summed E-state index contributed by atoms with van der Waals surface area (Å²) in [6, 6.07) is 8.62. The Morgan fingerprint density at radius 3 is 2.40 bits per heavy atom. The van der Waals surface area contributed by atoms with Crippen LogP contribution in [0.1, 0.15) is 43.7 Å². The van der Waals surface area contributed by atoms with E-state index in [9.17, 15) is 4.79 Å². The van der Waals surface area contributed by atoms with E-state index in [2.05, 4.69) is 43.4 Å². The average molecular weight is 274 g/mol. The maximum Gasteiger partial charge on any atom is 0.230 e. The van der Waals surface area contributed by atoms with Gasteiger partial charge in [-0.1, -0.05) is 44.5 Å². The normalized spacial score (nSPS) is 17.0. The Balaban J connectivity index is 2.08. The summed E-state index contributed by atoms with van der Waals surface area (Å²) in [5.74, 6) is 0.306. The largest absolute Gasteiger partial charge is 0.340 e. The lowest BCUT2D eigenvalue weighted by molar-refractivity contribution is -0.133. The zero-order chi connectivity index (χ0) is 14.4. The molecule has 3 heteroatoms. The molecule has 1 N–H and O–H groups in total. The second-order valence-corrected chi connectivity index (χ2v) is 5.53. The van der Waals surface area contributed by atoms with Gasteiger partial charge in [0.25, 0.3) is 0 Å². The molecule has 2 rings (SSSR count). The van der Waals surface area contributed by atoms with Crippen LogP contribution < -0.4 is 5.32 Å². The number of amides is 1. The number of piperazine rings is 1. The molecular weight excluding hydrogens is 248 g/mol. The molecule has 1 saturated heterocycles. The molecule has 3 nitrogen and oxygen atoms in total. The van der Waals surface area contributed by atoms with Crippen molar-refractivity contribution < 1.29 is 4.79 Å². The summed E-state index contributed by atoms with van der Waals surface area (Å²) in [5.41, 5.74) is 2.52. The molecule has 1 aromatic rings. The number of nitrogens with zero attached hydrogens (tertiary/aromatic N) is 1. The van der Waals surface area contributed by atoms with Gasteiger partial charge in [0.1, 0.15) is 0 Å². The first-order chi connectivity index (χ1) is 9.76. The predicted octanol–water partition coefficient (Wildman–Crippen LogP) is 2.56. The van der Waals surface area contributed by atoms with E-state index in [1.165, 1.54) is 5.56 Å². The van der Waals surface area contributed by atoms with E-state index >= 15 is 0 Å². The van der Waals surface area contributed by atoms with E-state index in [4.69, 9.17) is 0 Å². The summed E-state index contributed by atoms with van der Waals surface area (Å²) < 4.78 is 0. The van der Waals surface area contributed by atoms with Crippen molar-refractivity contribution in [3.63, 3.8) is 0 Å². The highest BCUT2D eigenvalue weighted by atomic mass is 16.2. The summed E-state index contributed by atoms with van der Waals surface area (Å²) in [4.78, 5) is 14.6. The number of carbonyl (C=O) groups excluding carboxylic acids is 1. The highest BCUT2D eigenvalue weighted by Crippen LogP contribution is 2.23. The monoisotopic (exact) mass is 274 g/mol. The first kappa shape index (κ1) is 15.0. The van der Waals surface area contributed by atoms with E-state index in [0.717, 1.165) is 51.0 Å². The Kier molecular flexibility index (Phi) is 5.60. The van der Waals surface area contributed by atoms with Gasteiger partial charge in [-0.15, -0.1) is 0 Å². The molecule has 0 spiro atoms. The van der Waals surface area contributed by atoms with Crippen LogP contribution in [-0.4, -0.2) is 37.0 Å². The van der Waals surface area contributed by atoms with Crippen LogP contribution in [-0.2, 0) is 11.2 Å². The molecule has 1 aliphatic heterocycles. The Morgan fingerprint density at radius 1 is 1.20 bits per heavy atom. The zero-order valence-electron chi connectivity index (χ0n) is 12.7. The van der Waals surface area contributed by atoms with Crippen molar-refractivity contribution in [2.24, 2.45) is 0 Å². The van der Waals surface area contributed by atoms with Gasteiger partial charge >= 0.3 is 0 Å². The number of carbonyl (C=O) groups is 1. The van der Waals surface area contributed by atoms with Gasteiger partial charge in [0.2, 0.25) is 5.91 Å². The third-order valence-electron chi connectivity index (χ3n) is 4.06. The second-order valence-electron chi connectivity index (χ2n) is 5.53. The van der Waals surface area contributed by atoms with Crippen molar-refractivity contribution in [3.8, 4) is 0 Å². The van der Waals surface area contributed by atoms with E-state index in [1.54, 1.807) is 0 Å². The van der Waals surface area contributed by atoms with Gasteiger partial charge in [-0.3, -0.25) is 4.79 Å². The molecule has 1 unspecified atom stereocenters. The number of benzene rings is 1. The molecule has 0 saturated carbocycles. The molecule has 1 aromatic carbocycles. The third-order valence-corrected chi connectivity index (χ3v) is 4.06. The fraction of sp³-hybridized carbons (Fsp3) is 0.588. The van der Waals surface area contributed by atoms with Crippen LogP contribution in [0.5, 0.6) is 0 Å². The first-order valence-corrected chi connectivity index (χ1v) is 7.84. The van der Waals surface area contributed by atoms with Gasteiger partial charge in [-0.25, -0.2) is 0 Å². The molecule has 1 fully saturated rings. The van der Waals surface area contributed by atoms with Gasteiger partial charge in [0.15, 0.2) is 0 Å². The van der Waals surface area contributed by atoms with Crippen molar-refractivity contribution in [1.82, 2.24) is 10.2 Å². The van der Waals surface area contributed by atoms with E-state index in [0.29, 0.717) is 0 Å². The maximum atomic E-state index is 12.6. The van der Waals surface area contributed by atoms with Crippen LogP contribution in [0.4, 0.5) is 0 Å². The number of hydrogen-bond acceptors (Lipinski definition) is 2. The summed E-state index contributed by atoms with van der Waals surface area (Å²) in [5, 5.41) is 3.29. The highest BCUT2D eigenvalue weighted by molar-refractivity contribution is 5.83. The molecule has 110 valence electrons. The van der Waals surface area contributed by atoms with Gasteiger partial charge in [-0.2, -0.15) is 0 Å². The molecule has 0 radical (unpaired) electrons. The summed E-state index contributed by atoms with van der Waals surface area (Å²) in [6.07, 6.45) is 3.15. The third kappa shape index (κ3) is 3.60. The number of rotatable bonds is 5. The summed E-state index contributed by atoms with van der Waals surface area (Å²) >= 11 is 0. The molecule has 1 amide bonds. The summed E-state index contributed by atoms with van der Waals surface area (Å²) in [7, 11) is 0. The van der Waals surface area contributed by atoms with Crippen molar-refractivity contribution in [2.45, 2.75) is 39.0 Å². The fourth-order valence-corrected chi connectivity index (χ4v) is 2.86. The topological polar surface area (TPSA) is 32.3 Å². The van der Waals surface area contributed by atoms with Gasteiger partial charge < -0.3 is 10.2 Å². The second kappa shape index (κ2) is 7.44. The van der Waals surface area contributed by atoms with E-state index < -0.39 is 0 Å². The highest BCUT2D eigenvalue weighted by Gasteiger charge is 2.25. The molecule has 0 aromatic heterocycles. The van der Waals surface area contributed by atoms with E-state index in [1.807, 2.05) is 4.90 Å². The van der Waals surface area contributed by atoms with Crippen LogP contribution in [0.15, 0.2) is 24.3 Å². The Labute approximate surface area is 122 Å². The fourth-order valence-electron chi connectivity index (χ4n) is 2.86. The van der Waals surface area contributed by atoms with Crippen LogP contribution >= 0.6 is 0 Å². The van der Waals surface area contributed by atoms with Crippen LogP contribution in [0.3, 0.4) is 0 Å². The van der Waals surface area contributed by atoms with Crippen molar-refractivity contribution in [3.05, 3.63) is 35.4 Å². The lowest BCUT2D eigenvalue weighted by Gasteiger charge is -2.30. The average Bonchev–Trinajstić information content (AvgIpc) is 2.51. The quantitative estimate of drug-likeness (QED) is 0.895. The standard InChI is InChI=1S/C17H26N2O/c1-3-5-14-6-8-15(9-7-14)16(4-2)17(20)19-12-10-18-11-13-19/h6-9,16,18H,3-5,10-13H2,1-2H3. The SMILES string of the molecule is CCCc1ccc(C(CC)C(=O)N2CCNCC2)cc1. The minimum absolute atomic E-state index is 0.0174. The van der Waals surface area contributed by atoms with Crippen LogP contribution in [0.2, 0.25) is 0 Å². The van der Waals surface area contributed by atoms with Gasteiger partial charge in [0.05, 0.1) is 5.92 Å². The van der Waals surface area contributed by atoms with Crippen molar-refractivity contribution in [2.75, 3.05) is 26.2 Å². The molecule has 0 aliphatic carbocycles. The zero-order valence-corrected chi connectivity index (χ0v) is 12.7. The smallest absolute Gasteiger partial charge is 0.230 e. The van der Waals surface area contributed by atoms with Crippen LogP contribution in [0, 0.1) is 0 Å². The predicted molar refractivity (Wildman–Crippen MR) is 82.9 cm³/mol. The molecular formula is C17H26N2O. The molecule has 0 bridgehead atoms. The Bertz CT molecular complexity index is 421. The number of nitrogens with one attached hydrogen (secondary N) is 1. The first-order valence-electron chi connectivity index (χ1n) is 7.84. The van der Waals surface area contributed by atoms with E-state index in [-0.39, 0.29) is 11.8 Å². The molecule has 1 heterocycles. The maximum absolute atomic E-state index is 12.6. The molecule has 20 heavy (non-hydrogen) atoms. The lowest BCUT2D eigenvalue weighted by Crippen LogP contribution is -2.48. The van der Waals surface area contributed by atoms with Crippen molar-refractivity contribution in [1.29, 1.82) is 0 Å². The minimum atomic E-state index is 0.0174. The minimum Gasteiger partial charge on any atom is -0.340 e. The number of aryl methyl sites for hydroxylation is 1. The van der Waals surface area contributed by atoms with Crippen LogP contribution in [0.25, 0.3) is 0 Å². The Hall–Kier alpha value is -1.35. The van der Waals surface area contributed by atoms with Gasteiger partial charge in [0, 0.05) is 26.2 Å². The van der Waals surface area contributed by atoms with Crippen molar-refractivity contribution >= 4 is 5.91 Å². The number of hydrogen-bond donors (Lipinski definition) is 1. The lowest BCUT2D eigenvalue weighted by atomic mass is 9.93. The molecule has 1 aliphatic rings. The molecule has 1 atom stereocenters. The Morgan fingerprint density at radius 2 is 1.85 bits per heavy atom. The van der Waals surface area contributed by atoms with Gasteiger partial charge in [-0.05, 0) is 24.0 Å². The summed E-state index contributed by atoms with van der Waals surface area (Å²) in [6.45, 7) is 7.79.